The molecule has 4 rings (SSSR count). The van der Waals surface area contributed by atoms with Gasteiger partial charge in [0.25, 0.3) is 0 Å². The Kier molecular flexibility index (Phi) is 4.44. The van der Waals surface area contributed by atoms with Crippen LogP contribution in [0.3, 0.4) is 0 Å². The molecule has 4 nitrogen and oxygen atoms in total. The molecule has 26 heavy (non-hydrogen) atoms. The lowest BCUT2D eigenvalue weighted by Crippen LogP contribution is -2.02. The van der Waals surface area contributed by atoms with Crippen molar-refractivity contribution in [2.45, 2.75) is 0 Å². The molecule has 0 bridgehead atoms. The molecule has 2 aromatic heterocycles. The van der Waals surface area contributed by atoms with E-state index < -0.39 is 0 Å². The maximum Gasteiger partial charge on any atom is 0.205 e. The number of nitrogens with zero attached hydrogens (tertiary/aromatic N) is 1. The zero-order valence-corrected chi connectivity index (χ0v) is 16.0. The van der Waals surface area contributed by atoms with Crippen LogP contribution in [-0.2, 0) is 0 Å². The highest BCUT2D eigenvalue weighted by Crippen LogP contribution is 2.39. The average molecular weight is 424 g/mol. The molecule has 6 heteroatoms. The molecular weight excluding hydrogens is 410 g/mol. The molecule has 0 radical (unpaired) electrons. The number of thiophene rings is 1. The fourth-order valence-corrected chi connectivity index (χ4v) is 4.04. The van der Waals surface area contributed by atoms with Gasteiger partial charge in [-0.1, -0.05) is 34.1 Å². The molecule has 0 amide bonds. The molecular formula is C20H14BrN3OS. The van der Waals surface area contributed by atoms with Gasteiger partial charge < -0.3 is 11.1 Å². The number of para-hydroxylation sites is 1. The highest BCUT2D eigenvalue weighted by atomic mass is 79.9. The van der Waals surface area contributed by atoms with Crippen molar-refractivity contribution in [3.63, 3.8) is 0 Å². The van der Waals surface area contributed by atoms with Crippen LogP contribution in [0.5, 0.6) is 0 Å². The van der Waals surface area contributed by atoms with Crippen LogP contribution < -0.4 is 11.1 Å². The topological polar surface area (TPSA) is 68.0 Å². The number of halogens is 1. The van der Waals surface area contributed by atoms with E-state index in [1.165, 1.54) is 11.3 Å². The van der Waals surface area contributed by atoms with E-state index in [4.69, 9.17) is 5.73 Å². The Morgan fingerprint density at radius 2 is 1.77 bits per heavy atom. The number of benzene rings is 2. The Morgan fingerprint density at radius 1 is 1.04 bits per heavy atom. The van der Waals surface area contributed by atoms with Gasteiger partial charge >= 0.3 is 0 Å². The standard InChI is InChI=1S/C20H14BrN3OS/c21-13-8-6-12(7-9-13)18(25)19-17(22)16-15(10-11-23-20(16)26-19)24-14-4-2-1-3-5-14/h1-11H,22H2,(H,23,24). The summed E-state index contributed by atoms with van der Waals surface area (Å²) in [6.07, 6.45) is 1.72. The van der Waals surface area contributed by atoms with Crippen LogP contribution in [0.2, 0.25) is 0 Å². The summed E-state index contributed by atoms with van der Waals surface area (Å²) in [7, 11) is 0. The third-order valence-electron chi connectivity index (χ3n) is 3.99. The van der Waals surface area contributed by atoms with Crippen molar-refractivity contribution >= 4 is 60.3 Å². The van der Waals surface area contributed by atoms with Crippen LogP contribution in [0.1, 0.15) is 15.2 Å². The van der Waals surface area contributed by atoms with Gasteiger partial charge in [0.1, 0.15) is 9.71 Å². The van der Waals surface area contributed by atoms with Gasteiger partial charge in [0, 0.05) is 21.9 Å². The molecule has 4 aromatic rings. The molecule has 2 heterocycles. The van der Waals surface area contributed by atoms with E-state index >= 15 is 0 Å². The maximum atomic E-state index is 12.9. The number of rotatable bonds is 4. The van der Waals surface area contributed by atoms with E-state index in [1.54, 1.807) is 18.3 Å². The highest BCUT2D eigenvalue weighted by molar-refractivity contribution is 9.10. The fraction of sp³-hybridized carbons (Fsp3) is 0. The molecule has 0 aliphatic carbocycles. The summed E-state index contributed by atoms with van der Waals surface area (Å²) in [5, 5.41) is 4.14. The Balaban J connectivity index is 1.78. The first kappa shape index (κ1) is 16.8. The Bertz CT molecular complexity index is 1090. The van der Waals surface area contributed by atoms with E-state index in [2.05, 4.69) is 26.2 Å². The first-order valence-corrected chi connectivity index (χ1v) is 9.54. The van der Waals surface area contributed by atoms with Gasteiger partial charge in [0.05, 0.1) is 16.8 Å². The molecule has 2 aromatic carbocycles. The minimum absolute atomic E-state index is 0.0938. The van der Waals surface area contributed by atoms with Gasteiger partial charge in [-0.25, -0.2) is 4.98 Å². The fourth-order valence-electron chi connectivity index (χ4n) is 2.73. The smallest absolute Gasteiger partial charge is 0.205 e. The minimum Gasteiger partial charge on any atom is -0.397 e. The van der Waals surface area contributed by atoms with Gasteiger partial charge in [-0.15, -0.1) is 11.3 Å². The third-order valence-corrected chi connectivity index (χ3v) is 5.64. The summed E-state index contributed by atoms with van der Waals surface area (Å²) in [6, 6.07) is 19.0. The van der Waals surface area contributed by atoms with E-state index in [0.717, 1.165) is 26.1 Å². The molecule has 0 saturated heterocycles. The van der Waals surface area contributed by atoms with Crippen LogP contribution in [-0.4, -0.2) is 10.8 Å². The van der Waals surface area contributed by atoms with Crippen molar-refractivity contribution in [2.75, 3.05) is 11.1 Å². The first-order valence-electron chi connectivity index (χ1n) is 7.93. The number of aromatic nitrogens is 1. The van der Waals surface area contributed by atoms with Crippen LogP contribution in [0, 0.1) is 0 Å². The molecule has 0 fully saturated rings. The third kappa shape index (κ3) is 3.09. The lowest BCUT2D eigenvalue weighted by atomic mass is 10.1. The van der Waals surface area contributed by atoms with Crippen LogP contribution in [0.15, 0.2) is 71.3 Å². The number of ketones is 1. The number of nitrogens with one attached hydrogen (secondary N) is 1. The number of carbonyl (C=O) groups is 1. The number of hydrogen-bond donors (Lipinski definition) is 2. The predicted molar refractivity (Wildman–Crippen MR) is 111 cm³/mol. The van der Waals surface area contributed by atoms with E-state index in [0.29, 0.717) is 16.1 Å². The van der Waals surface area contributed by atoms with Crippen molar-refractivity contribution in [1.29, 1.82) is 0 Å². The summed E-state index contributed by atoms with van der Waals surface area (Å²) in [5.74, 6) is -0.0938. The number of anilines is 3. The summed E-state index contributed by atoms with van der Waals surface area (Å²) >= 11 is 4.70. The SMILES string of the molecule is Nc1c(C(=O)c2ccc(Br)cc2)sc2nccc(Nc3ccccc3)c12. The van der Waals surface area contributed by atoms with Crippen molar-refractivity contribution in [1.82, 2.24) is 4.98 Å². The second-order valence-electron chi connectivity index (χ2n) is 5.71. The molecule has 128 valence electrons. The zero-order chi connectivity index (χ0) is 18.1. The van der Waals surface area contributed by atoms with E-state index in [1.807, 2.05) is 48.5 Å². The van der Waals surface area contributed by atoms with Crippen LogP contribution in [0.25, 0.3) is 10.2 Å². The van der Waals surface area contributed by atoms with Crippen molar-refractivity contribution < 1.29 is 4.79 Å². The van der Waals surface area contributed by atoms with Crippen LogP contribution >= 0.6 is 27.3 Å². The van der Waals surface area contributed by atoms with Gasteiger partial charge in [-0.2, -0.15) is 0 Å². The summed E-state index contributed by atoms with van der Waals surface area (Å²) in [6.45, 7) is 0. The van der Waals surface area contributed by atoms with E-state index in [-0.39, 0.29) is 5.78 Å². The number of fused-ring (bicyclic) bond motifs is 1. The second-order valence-corrected chi connectivity index (χ2v) is 7.63. The number of nitrogen functional groups attached to an aromatic ring is 1. The van der Waals surface area contributed by atoms with Crippen molar-refractivity contribution in [3.05, 3.63) is 81.8 Å². The number of pyridine rings is 1. The van der Waals surface area contributed by atoms with Crippen molar-refractivity contribution in [3.8, 4) is 0 Å². The molecule has 3 N–H and O–H groups in total. The summed E-state index contributed by atoms with van der Waals surface area (Å²) < 4.78 is 0.925. The molecule has 0 aliphatic rings. The summed E-state index contributed by atoms with van der Waals surface area (Å²) in [5.41, 5.74) is 9.21. The maximum absolute atomic E-state index is 12.9. The Labute approximate surface area is 162 Å². The molecule has 0 spiro atoms. The highest BCUT2D eigenvalue weighted by Gasteiger charge is 2.20. The lowest BCUT2D eigenvalue weighted by molar-refractivity contribution is 0.104. The van der Waals surface area contributed by atoms with Gasteiger partial charge in [-0.3, -0.25) is 4.79 Å². The predicted octanol–water partition coefficient (Wildman–Crippen LogP) is 5.62. The number of nitrogens with two attached hydrogens (primary N) is 1. The molecule has 0 atom stereocenters. The van der Waals surface area contributed by atoms with Gasteiger partial charge in [0.2, 0.25) is 5.78 Å². The molecule has 0 saturated carbocycles. The zero-order valence-electron chi connectivity index (χ0n) is 13.6. The molecule has 0 unspecified atom stereocenters. The number of hydrogen-bond acceptors (Lipinski definition) is 5. The lowest BCUT2D eigenvalue weighted by Gasteiger charge is -2.08. The first-order chi connectivity index (χ1) is 12.6. The van der Waals surface area contributed by atoms with Gasteiger partial charge in [-0.05, 0) is 42.5 Å². The quantitative estimate of drug-likeness (QED) is 0.418. The normalized spacial score (nSPS) is 10.8. The van der Waals surface area contributed by atoms with Gasteiger partial charge in [0.15, 0.2) is 0 Å². The largest absolute Gasteiger partial charge is 0.397 e. The van der Waals surface area contributed by atoms with Crippen molar-refractivity contribution in [2.24, 2.45) is 0 Å². The minimum atomic E-state index is -0.0938. The average Bonchev–Trinajstić information content (AvgIpc) is 3.00. The number of carbonyl (C=O) groups excluding carboxylic acids is 1. The second kappa shape index (κ2) is 6.90. The monoisotopic (exact) mass is 423 g/mol. The Hall–Kier alpha value is -2.70. The molecule has 0 aliphatic heterocycles. The Morgan fingerprint density at radius 3 is 2.50 bits per heavy atom. The van der Waals surface area contributed by atoms with E-state index in [9.17, 15) is 4.79 Å². The van der Waals surface area contributed by atoms with Crippen LogP contribution in [0.4, 0.5) is 17.1 Å². The summed E-state index contributed by atoms with van der Waals surface area (Å²) in [4.78, 5) is 18.5.